The molecule has 1 atom stereocenters. The fourth-order valence-electron chi connectivity index (χ4n) is 2.18. The molecule has 34 heavy (non-hydrogen) atoms. The largest absolute Gasteiger partial charge is 0.429 e. The molecule has 0 radical (unpaired) electrons. The lowest BCUT2D eigenvalue weighted by Crippen LogP contribution is -2.76. The van der Waals surface area contributed by atoms with Gasteiger partial charge in [0.25, 0.3) is 5.67 Å². The van der Waals surface area contributed by atoms with Crippen LogP contribution in [-0.4, -0.2) is 66.4 Å². The van der Waals surface area contributed by atoms with Gasteiger partial charge in [0.1, 0.15) is 0 Å². The van der Waals surface area contributed by atoms with Gasteiger partial charge in [-0.3, -0.25) is 4.39 Å². The van der Waals surface area contributed by atoms with E-state index in [4.69, 9.17) is 0 Å². The number of hydrogen-bond acceptors (Lipinski definition) is 0. The van der Waals surface area contributed by atoms with Crippen molar-refractivity contribution in [3.8, 4) is 0 Å². The molecular weight excluding hydrogens is 555 g/mol. The van der Waals surface area contributed by atoms with Crippen molar-refractivity contribution in [3.05, 3.63) is 0 Å². The van der Waals surface area contributed by atoms with Gasteiger partial charge in [-0.15, -0.1) is 0 Å². The molecule has 0 aliphatic rings. The third kappa shape index (κ3) is 4.21. The first-order valence-corrected chi connectivity index (χ1v) is 7.72. The first-order chi connectivity index (χ1) is 14.5. The van der Waals surface area contributed by atoms with Gasteiger partial charge in [-0.05, 0) is 0 Å². The van der Waals surface area contributed by atoms with E-state index in [1.807, 2.05) is 0 Å². The van der Waals surface area contributed by atoms with Crippen LogP contribution < -0.4 is 0 Å². The molecule has 0 saturated carbocycles. The number of halogens is 21. The standard InChI is InChI=1S/C13H7F21/c14-2-1-6(18,19)8(22,23)10(26,27)12(30,31)11(28,29)9(24,25)7(20,21)5(17,3-4(15)16)13(32,33)34/h4H,1-3H2. The van der Waals surface area contributed by atoms with Crippen molar-refractivity contribution >= 4 is 0 Å². The van der Waals surface area contributed by atoms with Crippen molar-refractivity contribution < 1.29 is 92.2 Å². The van der Waals surface area contributed by atoms with Crippen LogP contribution in [0.5, 0.6) is 0 Å². The summed E-state index contributed by atoms with van der Waals surface area (Å²) < 4.78 is 274. The van der Waals surface area contributed by atoms with Gasteiger partial charge in [-0.2, -0.15) is 74.6 Å². The Morgan fingerprint density at radius 2 is 0.735 bits per heavy atom. The molecule has 1 unspecified atom stereocenters. The minimum Gasteiger partial charge on any atom is -0.251 e. The van der Waals surface area contributed by atoms with Crippen molar-refractivity contribution in [1.29, 1.82) is 0 Å². The molecule has 0 N–H and O–H groups in total. The average Bonchev–Trinajstić information content (AvgIpc) is 2.58. The van der Waals surface area contributed by atoms with Crippen molar-refractivity contribution in [2.75, 3.05) is 6.67 Å². The Labute approximate surface area is 173 Å². The average molecular weight is 562 g/mol. The van der Waals surface area contributed by atoms with E-state index in [1.54, 1.807) is 0 Å². The summed E-state index contributed by atoms with van der Waals surface area (Å²) in [5.74, 6) is -58.6. The zero-order valence-corrected chi connectivity index (χ0v) is 15.1. The minimum absolute atomic E-state index is 2.77. The first kappa shape index (κ1) is 32.5. The molecule has 0 saturated heterocycles. The molecule has 206 valence electrons. The normalized spacial score (nSPS) is 17.8. The lowest BCUT2D eigenvalue weighted by molar-refractivity contribution is -0.458. The van der Waals surface area contributed by atoms with Gasteiger partial charge in [0.2, 0.25) is 6.43 Å². The second-order valence-electron chi connectivity index (χ2n) is 6.48. The molecule has 0 aliphatic carbocycles. The third-order valence-corrected chi connectivity index (χ3v) is 4.22. The van der Waals surface area contributed by atoms with E-state index < -0.39 is 79.2 Å². The van der Waals surface area contributed by atoms with Crippen LogP contribution in [0.1, 0.15) is 12.8 Å². The monoisotopic (exact) mass is 562 g/mol. The van der Waals surface area contributed by atoms with Gasteiger partial charge in [0.15, 0.2) is 0 Å². The van der Waals surface area contributed by atoms with Crippen molar-refractivity contribution in [2.45, 2.75) is 72.6 Å². The van der Waals surface area contributed by atoms with E-state index in [1.165, 1.54) is 0 Å². The zero-order chi connectivity index (χ0) is 28.2. The maximum absolute atomic E-state index is 13.7. The smallest absolute Gasteiger partial charge is 0.251 e. The molecule has 0 heterocycles. The fourth-order valence-corrected chi connectivity index (χ4v) is 2.18. The van der Waals surface area contributed by atoms with Crippen LogP contribution in [0.3, 0.4) is 0 Å². The molecule has 0 aliphatic heterocycles. The van der Waals surface area contributed by atoms with E-state index in [0.717, 1.165) is 0 Å². The summed E-state index contributed by atoms with van der Waals surface area (Å²) in [5, 5.41) is 0. The SMILES string of the molecule is FCCC(F)(F)C(F)(F)C(F)(F)C(F)(F)C(F)(F)C(F)(F)C(F)(F)C(F)(CC(F)F)C(F)(F)F. The van der Waals surface area contributed by atoms with Gasteiger partial charge >= 0.3 is 47.6 Å². The summed E-state index contributed by atoms with van der Waals surface area (Å²) >= 11 is 0. The van der Waals surface area contributed by atoms with Gasteiger partial charge < -0.3 is 0 Å². The molecule has 0 fully saturated rings. The zero-order valence-electron chi connectivity index (χ0n) is 15.1. The quantitative estimate of drug-likeness (QED) is 0.227. The predicted molar refractivity (Wildman–Crippen MR) is 65.7 cm³/mol. The van der Waals surface area contributed by atoms with Crippen LogP contribution >= 0.6 is 0 Å². The second kappa shape index (κ2) is 8.58. The molecule has 0 nitrogen and oxygen atoms in total. The molecule has 0 aromatic carbocycles. The summed E-state index contributed by atoms with van der Waals surface area (Å²) in [6.07, 6.45) is -20.1. The topological polar surface area (TPSA) is 0 Å². The Morgan fingerprint density at radius 1 is 0.441 bits per heavy atom. The van der Waals surface area contributed by atoms with E-state index in [2.05, 4.69) is 0 Å². The number of hydrogen-bond donors (Lipinski definition) is 0. The highest BCUT2D eigenvalue weighted by atomic mass is 19.4. The third-order valence-electron chi connectivity index (χ3n) is 4.22. The van der Waals surface area contributed by atoms with Crippen molar-refractivity contribution in [3.63, 3.8) is 0 Å². The van der Waals surface area contributed by atoms with E-state index >= 15 is 0 Å². The van der Waals surface area contributed by atoms with Crippen LogP contribution in [0.2, 0.25) is 0 Å². The summed E-state index contributed by atoms with van der Waals surface area (Å²) in [4.78, 5) is 0. The maximum Gasteiger partial charge on any atom is 0.429 e. The molecule has 0 spiro atoms. The Morgan fingerprint density at radius 3 is 1.00 bits per heavy atom. The van der Waals surface area contributed by atoms with Crippen LogP contribution in [0, 0.1) is 0 Å². The van der Waals surface area contributed by atoms with Crippen LogP contribution in [0.4, 0.5) is 92.2 Å². The van der Waals surface area contributed by atoms with Gasteiger partial charge in [-0.25, -0.2) is 13.2 Å². The Kier molecular flexibility index (Phi) is 8.21. The first-order valence-electron chi connectivity index (χ1n) is 7.72. The van der Waals surface area contributed by atoms with E-state index in [9.17, 15) is 92.2 Å². The molecule has 0 rings (SSSR count). The number of alkyl halides is 21. The Bertz CT molecular complexity index is 702. The van der Waals surface area contributed by atoms with E-state index in [-0.39, 0.29) is 0 Å². The summed E-state index contributed by atoms with van der Waals surface area (Å²) in [6.45, 7) is -2.77. The summed E-state index contributed by atoms with van der Waals surface area (Å²) in [6, 6.07) is 0. The summed E-state index contributed by atoms with van der Waals surface area (Å²) in [7, 11) is 0. The summed E-state index contributed by atoms with van der Waals surface area (Å²) in [5.41, 5.74) is -7.58. The fraction of sp³-hybridized carbons (Fsp3) is 1.00. The van der Waals surface area contributed by atoms with Gasteiger partial charge in [-0.1, -0.05) is 0 Å². The number of rotatable bonds is 11. The lowest BCUT2D eigenvalue weighted by atomic mass is 9.82. The van der Waals surface area contributed by atoms with Crippen molar-refractivity contribution in [1.82, 2.24) is 0 Å². The van der Waals surface area contributed by atoms with Crippen LogP contribution in [0.25, 0.3) is 0 Å². The molecule has 0 amide bonds. The molecular formula is C13H7F21. The molecule has 0 aromatic rings. The molecule has 21 heteroatoms. The highest BCUT2D eigenvalue weighted by molar-refractivity contribution is 5.18. The van der Waals surface area contributed by atoms with Gasteiger partial charge in [0, 0.05) is 6.42 Å². The minimum atomic E-state index is -8.97. The van der Waals surface area contributed by atoms with Crippen molar-refractivity contribution in [2.24, 2.45) is 0 Å². The maximum atomic E-state index is 13.7. The molecule has 0 aromatic heterocycles. The Hall–Kier alpha value is -1.47. The highest BCUT2D eigenvalue weighted by Gasteiger charge is 2.95. The highest BCUT2D eigenvalue weighted by Crippen LogP contribution is 2.65. The van der Waals surface area contributed by atoms with Crippen LogP contribution in [-0.2, 0) is 0 Å². The van der Waals surface area contributed by atoms with Crippen LogP contribution in [0.15, 0.2) is 0 Å². The Balaban J connectivity index is 7.05. The predicted octanol–water partition coefficient (Wildman–Crippen LogP) is 7.72. The van der Waals surface area contributed by atoms with E-state index in [0.29, 0.717) is 0 Å². The van der Waals surface area contributed by atoms with Gasteiger partial charge in [0.05, 0.1) is 13.1 Å². The second-order valence-corrected chi connectivity index (χ2v) is 6.48. The lowest BCUT2D eigenvalue weighted by Gasteiger charge is -2.45. The molecule has 0 bridgehead atoms.